The summed E-state index contributed by atoms with van der Waals surface area (Å²) < 4.78 is 31.7. The van der Waals surface area contributed by atoms with Gasteiger partial charge in [0.1, 0.15) is 5.02 Å². The van der Waals surface area contributed by atoms with Gasteiger partial charge in [0, 0.05) is 19.3 Å². The Morgan fingerprint density at radius 2 is 1.95 bits per heavy atom. The molecule has 2 atom stereocenters. The summed E-state index contributed by atoms with van der Waals surface area (Å²) in [6.45, 7) is 4.20. The van der Waals surface area contributed by atoms with Crippen LogP contribution < -0.4 is 5.56 Å². The van der Waals surface area contributed by atoms with Gasteiger partial charge in [0.15, 0.2) is 0 Å². The summed E-state index contributed by atoms with van der Waals surface area (Å²) >= 11 is 5.66. The maximum Gasteiger partial charge on any atom is 0.266 e. The lowest BCUT2D eigenvalue weighted by atomic mass is 10.3. The molecule has 19 heavy (non-hydrogen) atoms. The predicted octanol–water partition coefficient (Wildman–Crippen LogP) is 0.826. The molecule has 8 heteroatoms. The maximum atomic E-state index is 12.4. The summed E-state index contributed by atoms with van der Waals surface area (Å²) in [6.07, 6.45) is 0.822. The first kappa shape index (κ1) is 14.5. The summed E-state index contributed by atoms with van der Waals surface area (Å²) in [4.78, 5) is 13.5. The number of halogens is 1. The van der Waals surface area contributed by atoms with Crippen LogP contribution in [0.2, 0.25) is 5.02 Å². The van der Waals surface area contributed by atoms with Crippen LogP contribution in [-0.2, 0) is 14.8 Å². The van der Waals surface area contributed by atoms with Crippen molar-refractivity contribution in [1.29, 1.82) is 0 Å². The van der Waals surface area contributed by atoms with E-state index in [0.717, 1.165) is 6.20 Å². The van der Waals surface area contributed by atoms with Gasteiger partial charge in [0.25, 0.3) is 5.56 Å². The van der Waals surface area contributed by atoms with Crippen molar-refractivity contribution in [3.8, 4) is 0 Å². The standard InChI is InChI=1S/C11H15ClN2O4S/c1-7-5-14(6-8(2)18-7)19(16,17)9-3-10(12)11(15)13-4-9/h3-4,7-8H,5-6H2,1-2H3,(H,13,15). The molecular formula is C11H15ClN2O4S. The van der Waals surface area contributed by atoms with Gasteiger partial charge in [-0.1, -0.05) is 11.6 Å². The van der Waals surface area contributed by atoms with Crippen molar-refractivity contribution >= 4 is 21.6 Å². The number of sulfonamides is 1. The number of ether oxygens (including phenoxy) is 1. The quantitative estimate of drug-likeness (QED) is 0.877. The highest BCUT2D eigenvalue weighted by atomic mass is 35.5. The molecule has 0 saturated carbocycles. The van der Waals surface area contributed by atoms with E-state index in [2.05, 4.69) is 4.98 Å². The number of hydrogen-bond acceptors (Lipinski definition) is 4. The van der Waals surface area contributed by atoms with Gasteiger partial charge in [-0.3, -0.25) is 4.79 Å². The van der Waals surface area contributed by atoms with Gasteiger partial charge in [-0.2, -0.15) is 4.31 Å². The van der Waals surface area contributed by atoms with Crippen molar-refractivity contribution in [2.45, 2.75) is 31.0 Å². The first-order chi connectivity index (χ1) is 8.80. The van der Waals surface area contributed by atoms with Crippen LogP contribution in [0, 0.1) is 0 Å². The number of aromatic nitrogens is 1. The Bertz CT molecular complexity index is 618. The average molecular weight is 307 g/mol. The van der Waals surface area contributed by atoms with Crippen molar-refractivity contribution in [3.63, 3.8) is 0 Å². The molecular weight excluding hydrogens is 292 g/mol. The second kappa shape index (κ2) is 5.24. The van der Waals surface area contributed by atoms with E-state index >= 15 is 0 Å². The van der Waals surface area contributed by atoms with Crippen molar-refractivity contribution in [1.82, 2.24) is 9.29 Å². The molecule has 0 amide bonds. The third-order valence-corrected chi connectivity index (χ3v) is 4.95. The number of aromatic amines is 1. The average Bonchev–Trinajstić information content (AvgIpc) is 2.31. The van der Waals surface area contributed by atoms with E-state index in [-0.39, 0.29) is 35.2 Å². The number of hydrogen-bond donors (Lipinski definition) is 1. The fourth-order valence-electron chi connectivity index (χ4n) is 2.06. The van der Waals surface area contributed by atoms with E-state index in [1.807, 2.05) is 13.8 Å². The minimum absolute atomic E-state index is 0.0154. The first-order valence-corrected chi connectivity index (χ1v) is 7.66. The second-order valence-corrected chi connectivity index (χ2v) is 6.94. The molecule has 6 nitrogen and oxygen atoms in total. The fraction of sp³-hybridized carbons (Fsp3) is 0.545. The molecule has 0 aromatic carbocycles. The molecule has 0 radical (unpaired) electrons. The zero-order chi connectivity index (χ0) is 14.2. The lowest BCUT2D eigenvalue weighted by molar-refractivity contribution is -0.0440. The molecule has 106 valence electrons. The third kappa shape index (κ3) is 3.00. The van der Waals surface area contributed by atoms with Crippen molar-refractivity contribution < 1.29 is 13.2 Å². The molecule has 0 aliphatic carbocycles. The van der Waals surface area contributed by atoms with Crippen molar-refractivity contribution in [3.05, 3.63) is 27.6 Å². The Balaban J connectivity index is 2.36. The van der Waals surface area contributed by atoms with Gasteiger partial charge in [-0.25, -0.2) is 8.42 Å². The minimum atomic E-state index is -3.67. The van der Waals surface area contributed by atoms with E-state index in [0.29, 0.717) is 0 Å². The highest BCUT2D eigenvalue weighted by Gasteiger charge is 2.32. The zero-order valence-electron chi connectivity index (χ0n) is 10.6. The van der Waals surface area contributed by atoms with E-state index in [1.165, 1.54) is 10.4 Å². The SMILES string of the molecule is CC1CN(S(=O)(=O)c2c[nH]c(=O)c(Cl)c2)CC(C)O1. The predicted molar refractivity (Wildman–Crippen MR) is 70.8 cm³/mol. The van der Waals surface area contributed by atoms with Crippen LogP contribution in [0.3, 0.4) is 0 Å². The Labute approximate surface area is 116 Å². The molecule has 2 heterocycles. The lowest BCUT2D eigenvalue weighted by Gasteiger charge is -2.34. The van der Waals surface area contributed by atoms with E-state index in [9.17, 15) is 13.2 Å². The zero-order valence-corrected chi connectivity index (χ0v) is 12.2. The Morgan fingerprint density at radius 3 is 2.47 bits per heavy atom. The largest absolute Gasteiger partial charge is 0.373 e. The number of H-pyrrole nitrogens is 1. The van der Waals surface area contributed by atoms with Gasteiger partial charge < -0.3 is 9.72 Å². The van der Waals surface area contributed by atoms with Crippen LogP contribution in [0.5, 0.6) is 0 Å². The number of nitrogens with zero attached hydrogens (tertiary/aromatic N) is 1. The fourth-order valence-corrected chi connectivity index (χ4v) is 3.88. The van der Waals surface area contributed by atoms with E-state index < -0.39 is 15.6 Å². The van der Waals surface area contributed by atoms with Crippen LogP contribution in [-0.4, -0.2) is 43.0 Å². The summed E-state index contributed by atoms with van der Waals surface area (Å²) in [5, 5.41) is -0.143. The second-order valence-electron chi connectivity index (χ2n) is 4.59. The Kier molecular flexibility index (Phi) is 4.00. The highest BCUT2D eigenvalue weighted by molar-refractivity contribution is 7.89. The molecule has 1 N–H and O–H groups in total. The van der Waals surface area contributed by atoms with Gasteiger partial charge in [-0.05, 0) is 19.9 Å². The molecule has 1 aromatic rings. The molecule has 0 spiro atoms. The number of nitrogens with one attached hydrogen (secondary N) is 1. The summed E-state index contributed by atoms with van der Waals surface area (Å²) in [5.74, 6) is 0. The van der Waals surface area contributed by atoms with Gasteiger partial charge >= 0.3 is 0 Å². The highest BCUT2D eigenvalue weighted by Crippen LogP contribution is 2.21. The van der Waals surface area contributed by atoms with Gasteiger partial charge in [-0.15, -0.1) is 0 Å². The Morgan fingerprint density at radius 1 is 1.37 bits per heavy atom. The molecule has 1 saturated heterocycles. The Hall–Kier alpha value is -0.890. The normalized spacial score (nSPS) is 25.4. The smallest absolute Gasteiger partial charge is 0.266 e. The van der Waals surface area contributed by atoms with Gasteiger partial charge in [0.05, 0.1) is 17.1 Å². The number of pyridine rings is 1. The summed E-state index contributed by atoms with van der Waals surface area (Å²) in [7, 11) is -3.67. The van der Waals surface area contributed by atoms with Crippen LogP contribution in [0.25, 0.3) is 0 Å². The summed E-state index contributed by atoms with van der Waals surface area (Å²) in [5.41, 5.74) is -0.510. The summed E-state index contributed by atoms with van der Waals surface area (Å²) in [6, 6.07) is 1.17. The van der Waals surface area contributed by atoms with E-state index in [4.69, 9.17) is 16.3 Å². The van der Waals surface area contributed by atoms with Crippen LogP contribution in [0.15, 0.2) is 22.0 Å². The van der Waals surface area contributed by atoms with Gasteiger partial charge in [0.2, 0.25) is 10.0 Å². The third-order valence-electron chi connectivity index (χ3n) is 2.86. The molecule has 0 bridgehead atoms. The van der Waals surface area contributed by atoms with Crippen LogP contribution in [0.4, 0.5) is 0 Å². The lowest BCUT2D eigenvalue weighted by Crippen LogP contribution is -2.48. The molecule has 2 unspecified atom stereocenters. The minimum Gasteiger partial charge on any atom is -0.373 e. The number of morpholine rings is 1. The molecule has 1 fully saturated rings. The molecule has 1 aliphatic heterocycles. The topological polar surface area (TPSA) is 79.5 Å². The maximum absolute atomic E-state index is 12.4. The van der Waals surface area contributed by atoms with Crippen LogP contribution >= 0.6 is 11.6 Å². The van der Waals surface area contributed by atoms with E-state index in [1.54, 1.807) is 0 Å². The number of rotatable bonds is 2. The van der Waals surface area contributed by atoms with Crippen molar-refractivity contribution in [2.75, 3.05) is 13.1 Å². The van der Waals surface area contributed by atoms with Crippen molar-refractivity contribution in [2.24, 2.45) is 0 Å². The van der Waals surface area contributed by atoms with Crippen LogP contribution in [0.1, 0.15) is 13.8 Å². The molecule has 1 aliphatic rings. The monoisotopic (exact) mass is 306 g/mol. The molecule has 1 aromatic heterocycles. The molecule has 2 rings (SSSR count). The first-order valence-electron chi connectivity index (χ1n) is 5.84.